The summed E-state index contributed by atoms with van der Waals surface area (Å²) in [6.45, 7) is 4.99. The monoisotopic (exact) mass is 269 g/mol. The average Bonchev–Trinajstić information content (AvgIpc) is 2.25. The first-order chi connectivity index (χ1) is 7.72. The smallest absolute Gasteiger partial charge is 0.418 e. The third-order valence-corrected chi connectivity index (χ3v) is 5.70. The molecule has 1 aromatic rings. The van der Waals surface area contributed by atoms with Crippen molar-refractivity contribution in [2.75, 3.05) is 6.16 Å². The topological polar surface area (TPSA) is 20.9 Å². The highest BCUT2D eigenvalue weighted by molar-refractivity contribution is 7.80. The second-order valence-electron chi connectivity index (χ2n) is 3.58. The number of hydrogen-bond acceptors (Lipinski definition) is 1. The zero-order chi connectivity index (χ0) is 13.3. The van der Waals surface area contributed by atoms with Crippen molar-refractivity contribution in [3.05, 3.63) is 18.3 Å². The zero-order valence-corrected chi connectivity index (χ0v) is 10.4. The van der Waals surface area contributed by atoms with Crippen LogP contribution in [-0.4, -0.2) is 13.4 Å². The van der Waals surface area contributed by atoms with E-state index >= 15 is 0 Å². The summed E-state index contributed by atoms with van der Waals surface area (Å²) in [4.78, 5) is 0. The molecule has 0 fully saturated rings. The molecule has 0 aromatic carbocycles. The Hall–Kier alpha value is -0.835. The lowest BCUT2D eigenvalue weighted by molar-refractivity contribution is -0.676. The summed E-state index contributed by atoms with van der Waals surface area (Å²) in [7, 11) is -8.04. The average molecular weight is 269 g/mol. The van der Waals surface area contributed by atoms with E-state index in [-0.39, 0.29) is 0 Å². The number of halogens is 4. The van der Waals surface area contributed by atoms with Crippen molar-refractivity contribution in [1.82, 2.24) is 0 Å². The van der Waals surface area contributed by atoms with E-state index in [4.69, 9.17) is 0 Å². The van der Waals surface area contributed by atoms with Crippen molar-refractivity contribution in [3.63, 3.8) is 0 Å². The van der Waals surface area contributed by atoms with Gasteiger partial charge in [-0.15, -0.1) is 0 Å². The fourth-order valence-electron chi connectivity index (χ4n) is 1.72. The molecule has 17 heavy (non-hydrogen) atoms. The van der Waals surface area contributed by atoms with Crippen LogP contribution in [0.25, 0.3) is 0 Å². The summed E-state index contributed by atoms with van der Waals surface area (Å²) in [5.74, 6) is 0. The van der Waals surface area contributed by atoms with Gasteiger partial charge in [-0.25, -0.2) is 0 Å². The van der Waals surface area contributed by atoms with E-state index in [0.717, 1.165) is 23.4 Å². The van der Waals surface area contributed by atoms with Crippen LogP contribution in [0, 0.1) is 0 Å². The van der Waals surface area contributed by atoms with Gasteiger partial charge in [-0.2, -0.15) is 4.57 Å². The Morgan fingerprint density at radius 2 is 1.82 bits per heavy atom. The summed E-state index contributed by atoms with van der Waals surface area (Å²) in [5.41, 5.74) is 1.06. The van der Waals surface area contributed by atoms with E-state index in [1.807, 2.05) is 25.3 Å². The molecule has 0 amide bonds. The minimum absolute atomic E-state index is 0.773. The SMILES string of the molecule is CC[n+]1ccc2cc1P2(=O)CC.F[B-](F)(F)F. The maximum absolute atomic E-state index is 12.2. The van der Waals surface area contributed by atoms with Crippen molar-refractivity contribution in [2.24, 2.45) is 0 Å². The third-order valence-electron chi connectivity index (χ3n) is 2.57. The van der Waals surface area contributed by atoms with E-state index in [1.54, 1.807) is 0 Å². The molecule has 1 aromatic heterocycles. The van der Waals surface area contributed by atoms with Crippen LogP contribution in [0.5, 0.6) is 0 Å². The van der Waals surface area contributed by atoms with Crippen molar-refractivity contribution in [2.45, 2.75) is 20.4 Å². The van der Waals surface area contributed by atoms with E-state index < -0.39 is 14.4 Å². The van der Waals surface area contributed by atoms with Gasteiger partial charge in [-0.3, -0.25) is 0 Å². The Balaban J connectivity index is 0.000000249. The standard InChI is InChI=1S/C9H13NOP.BF4/c1-3-10-6-5-8-7-9(10)12(8,11)4-2;2-1(3,4)5/h5-7H,3-4H2,1-2H3;/q+1;-1. The van der Waals surface area contributed by atoms with Crippen LogP contribution >= 0.6 is 7.14 Å². The molecular weight excluding hydrogens is 256 g/mol. The van der Waals surface area contributed by atoms with Crippen LogP contribution in [0.3, 0.4) is 0 Å². The van der Waals surface area contributed by atoms with Crippen molar-refractivity contribution in [1.29, 1.82) is 0 Å². The Morgan fingerprint density at radius 3 is 2.18 bits per heavy atom. The van der Waals surface area contributed by atoms with Crippen molar-refractivity contribution < 1.29 is 26.4 Å². The van der Waals surface area contributed by atoms with E-state index in [0.29, 0.717) is 0 Å². The van der Waals surface area contributed by atoms with Gasteiger partial charge in [0.05, 0.1) is 0 Å². The van der Waals surface area contributed by atoms with Gasteiger partial charge in [0.2, 0.25) is 12.6 Å². The molecule has 3 rings (SSSR count). The summed E-state index contributed by atoms with van der Waals surface area (Å²) < 4.78 is 53.2. The number of hydrogen-bond donors (Lipinski definition) is 0. The molecule has 1 unspecified atom stereocenters. The highest BCUT2D eigenvalue weighted by Crippen LogP contribution is 2.46. The summed E-state index contributed by atoms with van der Waals surface area (Å²) in [6.07, 6.45) is 2.80. The molecule has 2 nitrogen and oxygen atoms in total. The highest BCUT2D eigenvalue weighted by Gasteiger charge is 2.42. The molecule has 1 atom stereocenters. The molecule has 0 aliphatic carbocycles. The second kappa shape index (κ2) is 4.80. The minimum atomic E-state index is -6.00. The number of pyridine rings is 1. The molecule has 0 spiro atoms. The zero-order valence-electron chi connectivity index (χ0n) is 9.54. The normalized spacial score (nSPS) is 21.3. The Morgan fingerprint density at radius 1 is 1.29 bits per heavy atom. The largest absolute Gasteiger partial charge is 0.673 e. The second-order valence-corrected chi connectivity index (χ2v) is 6.67. The van der Waals surface area contributed by atoms with Crippen molar-refractivity contribution in [3.8, 4) is 0 Å². The van der Waals surface area contributed by atoms with Gasteiger partial charge in [0.15, 0.2) is 6.20 Å². The van der Waals surface area contributed by atoms with Gasteiger partial charge in [0, 0.05) is 23.6 Å². The molecule has 3 heterocycles. The molecule has 0 radical (unpaired) electrons. The van der Waals surface area contributed by atoms with E-state index in [2.05, 4.69) is 11.5 Å². The summed E-state index contributed by atoms with van der Waals surface area (Å²) in [5, 5.41) is 1.06. The molecule has 2 aliphatic rings. The predicted molar refractivity (Wildman–Crippen MR) is 59.9 cm³/mol. The molecule has 0 N–H and O–H groups in total. The van der Waals surface area contributed by atoms with Gasteiger partial charge < -0.3 is 21.8 Å². The van der Waals surface area contributed by atoms with Crippen LogP contribution in [0.2, 0.25) is 0 Å². The molecule has 2 bridgehead atoms. The quantitative estimate of drug-likeness (QED) is 0.348. The van der Waals surface area contributed by atoms with E-state index in [1.165, 1.54) is 0 Å². The summed E-state index contributed by atoms with van der Waals surface area (Å²) >= 11 is 0. The fourth-order valence-corrected chi connectivity index (χ4v) is 4.08. The first-order valence-electron chi connectivity index (χ1n) is 5.23. The van der Waals surface area contributed by atoms with Gasteiger partial charge in [-0.1, -0.05) is 6.92 Å². The highest BCUT2D eigenvalue weighted by atomic mass is 31.2. The molecule has 8 heteroatoms. The minimum Gasteiger partial charge on any atom is -0.418 e. The summed E-state index contributed by atoms with van der Waals surface area (Å²) in [6, 6.07) is 4.04. The van der Waals surface area contributed by atoms with Gasteiger partial charge in [-0.05, 0) is 6.92 Å². The first-order valence-corrected chi connectivity index (χ1v) is 7.12. The lowest BCUT2D eigenvalue weighted by Gasteiger charge is -2.23. The van der Waals surface area contributed by atoms with Crippen LogP contribution in [0.1, 0.15) is 13.8 Å². The van der Waals surface area contributed by atoms with Crippen LogP contribution < -0.4 is 15.3 Å². The Labute approximate surface area is 97.1 Å². The maximum atomic E-state index is 12.2. The van der Waals surface area contributed by atoms with Gasteiger partial charge >= 0.3 is 7.25 Å². The number of fused-ring (bicyclic) bond motifs is 2. The van der Waals surface area contributed by atoms with E-state index in [9.17, 15) is 21.8 Å². The number of aromatic nitrogens is 1. The predicted octanol–water partition coefficient (Wildman–Crippen LogP) is 1.94. The first kappa shape index (κ1) is 14.2. The molecule has 96 valence electrons. The number of rotatable bonds is 2. The Kier molecular flexibility index (Phi) is 4.02. The lowest BCUT2D eigenvalue weighted by Crippen LogP contribution is -2.56. The Bertz CT molecular complexity index is 453. The molecular formula is C9H13BF4NOP. The van der Waals surface area contributed by atoms with Gasteiger partial charge in [0.1, 0.15) is 6.54 Å². The molecule has 0 saturated carbocycles. The fraction of sp³-hybridized carbons (Fsp3) is 0.444. The van der Waals surface area contributed by atoms with Gasteiger partial charge in [0.25, 0.3) is 0 Å². The number of nitrogens with zero attached hydrogens (tertiary/aromatic N) is 1. The maximum Gasteiger partial charge on any atom is 0.673 e. The third kappa shape index (κ3) is 3.09. The van der Waals surface area contributed by atoms with Crippen molar-refractivity contribution >= 4 is 25.1 Å². The van der Waals surface area contributed by atoms with Crippen LogP contribution in [-0.2, 0) is 11.1 Å². The molecule has 0 saturated heterocycles. The lowest BCUT2D eigenvalue weighted by atomic mass is 10.3. The number of aryl methyl sites for hydroxylation is 1. The molecule has 2 aliphatic heterocycles. The van der Waals surface area contributed by atoms with Crippen LogP contribution in [0.4, 0.5) is 17.3 Å². The van der Waals surface area contributed by atoms with Crippen LogP contribution in [0.15, 0.2) is 18.3 Å².